The fourth-order valence-electron chi connectivity index (χ4n) is 5.30. The van der Waals surface area contributed by atoms with Gasteiger partial charge in [0.15, 0.2) is 5.78 Å². The summed E-state index contributed by atoms with van der Waals surface area (Å²) in [5, 5.41) is 26.4. The summed E-state index contributed by atoms with van der Waals surface area (Å²) >= 11 is 0. The predicted molar refractivity (Wildman–Crippen MR) is 187 cm³/mol. The molecule has 10 nitrogen and oxygen atoms in total. The number of carbonyl (C=O) groups is 6. The molecule has 4 aromatic rings. The first-order valence-corrected chi connectivity index (χ1v) is 16.4. The summed E-state index contributed by atoms with van der Waals surface area (Å²) in [7, 11) is 0. The Labute approximate surface area is 295 Å². The number of unbranched alkanes of at least 4 members (excludes halogenated alkanes) is 2. The van der Waals surface area contributed by atoms with Crippen molar-refractivity contribution in [2.24, 2.45) is 0 Å². The number of aliphatic carboxylic acids is 3. The standard InChI is InChI=1S/C15H14O2.C14H15NO4.C11H11FO3/c1-15(14(16)17,12-8-4-2-5-9-12)13-10-6-3-7-11-13;16-12(17)8-2-1-5-9-15-13(18)10-6-3-4-7-11(10)14(15)19;12-9-6-4-8(5-7-9)10(13)2-1-3-11(14)15/h2-11H,1H3,(H,16,17);3-4,6-7H,1-2,5,8-9H2,(H,16,17);4-7H,1-3H2,(H,14,15). The topological polar surface area (TPSA) is 166 Å². The van der Waals surface area contributed by atoms with Gasteiger partial charge in [-0.1, -0.05) is 79.2 Å². The largest absolute Gasteiger partial charge is 0.481 e. The molecule has 0 saturated carbocycles. The Morgan fingerprint density at radius 2 is 1.04 bits per heavy atom. The van der Waals surface area contributed by atoms with Crippen molar-refractivity contribution in [3.8, 4) is 0 Å². The fraction of sp³-hybridized carbons (Fsp3) is 0.250. The Bertz CT molecular complexity index is 1730. The van der Waals surface area contributed by atoms with Crippen LogP contribution in [0, 0.1) is 5.82 Å². The molecule has 0 aromatic heterocycles. The van der Waals surface area contributed by atoms with Crippen molar-refractivity contribution in [3.63, 3.8) is 0 Å². The maximum Gasteiger partial charge on any atom is 0.318 e. The summed E-state index contributed by atoms with van der Waals surface area (Å²) in [6, 6.07) is 30.6. The number of halogens is 1. The van der Waals surface area contributed by atoms with E-state index in [1.54, 1.807) is 31.2 Å². The summed E-state index contributed by atoms with van der Waals surface area (Å²) in [4.78, 5) is 68.8. The van der Waals surface area contributed by atoms with Gasteiger partial charge in [0.25, 0.3) is 11.8 Å². The number of nitrogens with zero attached hydrogens (tertiary/aromatic N) is 1. The Morgan fingerprint density at radius 3 is 1.49 bits per heavy atom. The normalized spacial score (nSPS) is 11.8. The molecule has 1 heterocycles. The molecule has 11 heteroatoms. The minimum Gasteiger partial charge on any atom is -0.481 e. The first-order valence-electron chi connectivity index (χ1n) is 16.4. The highest BCUT2D eigenvalue weighted by atomic mass is 19.1. The van der Waals surface area contributed by atoms with Crippen molar-refractivity contribution in [3.05, 3.63) is 143 Å². The molecule has 0 spiro atoms. The monoisotopic (exact) mass is 697 g/mol. The Morgan fingerprint density at radius 1 is 0.588 bits per heavy atom. The van der Waals surface area contributed by atoms with Crippen LogP contribution in [0.1, 0.15) is 94.1 Å². The van der Waals surface area contributed by atoms with E-state index in [1.807, 2.05) is 60.7 Å². The van der Waals surface area contributed by atoms with Crippen LogP contribution < -0.4 is 0 Å². The molecule has 266 valence electrons. The molecule has 0 saturated heterocycles. The summed E-state index contributed by atoms with van der Waals surface area (Å²) in [6.45, 7) is 2.09. The Balaban J connectivity index is 0.000000208. The van der Waals surface area contributed by atoms with Gasteiger partial charge in [0.2, 0.25) is 0 Å². The van der Waals surface area contributed by atoms with Crippen LogP contribution in [0.15, 0.2) is 109 Å². The maximum absolute atomic E-state index is 12.5. The average molecular weight is 698 g/mol. The van der Waals surface area contributed by atoms with E-state index in [-0.39, 0.29) is 36.9 Å². The van der Waals surface area contributed by atoms with E-state index < -0.39 is 29.1 Å². The zero-order chi connectivity index (χ0) is 37.4. The smallest absolute Gasteiger partial charge is 0.318 e. The van der Waals surface area contributed by atoms with Crippen molar-refractivity contribution in [1.29, 1.82) is 0 Å². The van der Waals surface area contributed by atoms with Gasteiger partial charge < -0.3 is 15.3 Å². The molecule has 0 fully saturated rings. The van der Waals surface area contributed by atoms with Crippen LogP contribution in [0.4, 0.5) is 4.39 Å². The predicted octanol–water partition coefficient (Wildman–Crippen LogP) is 7.27. The van der Waals surface area contributed by atoms with Gasteiger partial charge >= 0.3 is 17.9 Å². The zero-order valence-electron chi connectivity index (χ0n) is 28.2. The van der Waals surface area contributed by atoms with E-state index in [0.717, 1.165) is 11.1 Å². The molecule has 0 radical (unpaired) electrons. The van der Waals surface area contributed by atoms with Crippen LogP contribution in [0.25, 0.3) is 0 Å². The molecule has 0 atom stereocenters. The second kappa shape index (κ2) is 19.3. The summed E-state index contributed by atoms with van der Waals surface area (Å²) in [6.07, 6.45) is 2.50. The van der Waals surface area contributed by atoms with Crippen LogP contribution in [0.3, 0.4) is 0 Å². The van der Waals surface area contributed by atoms with Gasteiger partial charge in [-0.05, 0) is 73.7 Å². The number of benzene rings is 4. The molecular formula is C40H40FNO9. The van der Waals surface area contributed by atoms with Gasteiger partial charge in [0.05, 0.1) is 11.1 Å². The molecule has 0 bridgehead atoms. The summed E-state index contributed by atoms with van der Waals surface area (Å²) in [5.74, 6) is -3.62. The molecule has 1 aliphatic heterocycles. The van der Waals surface area contributed by atoms with Gasteiger partial charge in [0.1, 0.15) is 11.2 Å². The van der Waals surface area contributed by atoms with Crippen molar-refractivity contribution in [1.82, 2.24) is 4.90 Å². The number of amides is 2. The quantitative estimate of drug-likeness (QED) is 0.0698. The first-order chi connectivity index (χ1) is 24.4. The minimum atomic E-state index is -0.998. The molecule has 5 rings (SSSR count). The third-order valence-corrected chi connectivity index (χ3v) is 8.24. The third kappa shape index (κ3) is 11.3. The van der Waals surface area contributed by atoms with E-state index in [1.165, 1.54) is 29.2 Å². The first kappa shape index (κ1) is 39.5. The lowest BCUT2D eigenvalue weighted by molar-refractivity contribution is -0.141. The number of carbonyl (C=O) groups excluding carboxylic acids is 3. The molecule has 51 heavy (non-hydrogen) atoms. The van der Waals surface area contributed by atoms with Crippen molar-refractivity contribution in [2.45, 2.75) is 57.3 Å². The lowest BCUT2D eigenvalue weighted by Crippen LogP contribution is -2.33. The Kier molecular flexibility index (Phi) is 14.9. The number of rotatable bonds is 14. The summed E-state index contributed by atoms with van der Waals surface area (Å²) < 4.78 is 12.5. The Hall–Kier alpha value is -5.97. The van der Waals surface area contributed by atoms with Crippen LogP contribution in [0.2, 0.25) is 0 Å². The molecule has 0 unspecified atom stereocenters. The van der Waals surface area contributed by atoms with Gasteiger partial charge in [-0.15, -0.1) is 0 Å². The van der Waals surface area contributed by atoms with Crippen LogP contribution in [0.5, 0.6) is 0 Å². The summed E-state index contributed by atoms with van der Waals surface area (Å²) in [5.41, 5.74) is 1.91. The van der Waals surface area contributed by atoms with Crippen molar-refractivity contribution in [2.75, 3.05) is 6.54 Å². The molecule has 0 aliphatic carbocycles. The highest BCUT2D eigenvalue weighted by Crippen LogP contribution is 2.32. The third-order valence-electron chi connectivity index (χ3n) is 8.24. The van der Waals surface area contributed by atoms with Crippen molar-refractivity contribution < 1.29 is 48.5 Å². The molecule has 4 aromatic carbocycles. The van der Waals surface area contributed by atoms with Crippen LogP contribution in [-0.4, -0.2) is 62.3 Å². The number of hydrogen-bond acceptors (Lipinski definition) is 6. The molecule has 3 N–H and O–H groups in total. The fourth-order valence-corrected chi connectivity index (χ4v) is 5.30. The van der Waals surface area contributed by atoms with Gasteiger partial charge in [-0.2, -0.15) is 0 Å². The van der Waals surface area contributed by atoms with Gasteiger partial charge in [-0.25, -0.2) is 4.39 Å². The number of ketones is 1. The highest BCUT2D eigenvalue weighted by Gasteiger charge is 2.37. The van der Waals surface area contributed by atoms with E-state index >= 15 is 0 Å². The van der Waals surface area contributed by atoms with Crippen LogP contribution in [-0.2, 0) is 19.8 Å². The highest BCUT2D eigenvalue weighted by molar-refractivity contribution is 6.21. The SMILES string of the molecule is CC(C(=O)O)(c1ccccc1)c1ccccc1.O=C(O)CCCC(=O)c1ccc(F)cc1.O=C(O)CCCCCN1C(=O)c2ccccc2C1=O. The van der Waals surface area contributed by atoms with Crippen LogP contribution >= 0.6 is 0 Å². The van der Waals surface area contributed by atoms with E-state index in [9.17, 15) is 38.3 Å². The van der Waals surface area contributed by atoms with E-state index in [0.29, 0.717) is 48.9 Å². The lowest BCUT2D eigenvalue weighted by atomic mass is 9.76. The molecular weight excluding hydrogens is 657 g/mol. The van der Waals surface area contributed by atoms with Crippen molar-refractivity contribution >= 4 is 35.5 Å². The van der Waals surface area contributed by atoms with E-state index in [4.69, 9.17) is 10.2 Å². The number of Topliss-reactive ketones (excluding diaryl/α,β-unsaturated/α-hetero) is 1. The zero-order valence-corrected chi connectivity index (χ0v) is 28.2. The number of fused-ring (bicyclic) bond motifs is 1. The van der Waals surface area contributed by atoms with E-state index in [2.05, 4.69) is 0 Å². The maximum atomic E-state index is 12.5. The average Bonchev–Trinajstić information content (AvgIpc) is 3.37. The van der Waals surface area contributed by atoms with Gasteiger partial charge in [0, 0.05) is 31.4 Å². The molecule has 2 amide bonds. The number of hydrogen-bond donors (Lipinski definition) is 3. The second-order valence-corrected chi connectivity index (χ2v) is 11.9. The van der Waals surface area contributed by atoms with Gasteiger partial charge in [-0.3, -0.25) is 33.7 Å². The number of carboxylic acid groups (broad SMARTS) is 3. The second-order valence-electron chi connectivity index (χ2n) is 11.9. The number of carboxylic acids is 3. The molecule has 1 aliphatic rings. The lowest BCUT2D eigenvalue weighted by Gasteiger charge is -2.25. The number of imide groups is 1. The minimum absolute atomic E-state index is 0.0209.